The van der Waals surface area contributed by atoms with E-state index in [9.17, 15) is 13.6 Å². The molecule has 0 heterocycles. The molecule has 1 atom stereocenters. The molecule has 1 unspecified atom stereocenters. The summed E-state index contributed by atoms with van der Waals surface area (Å²) in [5.74, 6) is -2.64. The molecule has 0 saturated heterocycles. The van der Waals surface area contributed by atoms with Crippen molar-refractivity contribution >= 4 is 5.78 Å². The predicted molar refractivity (Wildman–Crippen MR) is 69.4 cm³/mol. The standard InChI is InChI=1S/C15H24F2O2/c1-2-19-14(7-4-3-5-8-14)13(18)10-12-6-9-15(16,17)11-12/h12H,2-11H2,1H3. The SMILES string of the molecule is CCOC1(C(=O)CC2CCC(F)(F)C2)CCCCC1. The van der Waals surface area contributed by atoms with Gasteiger partial charge in [-0.3, -0.25) is 4.79 Å². The van der Waals surface area contributed by atoms with Crippen LogP contribution in [0.25, 0.3) is 0 Å². The quantitative estimate of drug-likeness (QED) is 0.753. The van der Waals surface area contributed by atoms with E-state index in [0.717, 1.165) is 32.1 Å². The van der Waals surface area contributed by atoms with E-state index in [-0.39, 0.29) is 31.0 Å². The van der Waals surface area contributed by atoms with Gasteiger partial charge < -0.3 is 4.74 Å². The van der Waals surface area contributed by atoms with Crippen molar-refractivity contribution in [1.29, 1.82) is 0 Å². The maximum absolute atomic E-state index is 13.2. The third-order valence-corrected chi connectivity index (χ3v) is 4.57. The van der Waals surface area contributed by atoms with Gasteiger partial charge in [0.2, 0.25) is 5.92 Å². The Balaban J connectivity index is 1.96. The largest absolute Gasteiger partial charge is 0.368 e. The van der Waals surface area contributed by atoms with Crippen LogP contribution in [0.4, 0.5) is 8.78 Å². The van der Waals surface area contributed by atoms with E-state index in [1.54, 1.807) is 0 Å². The lowest BCUT2D eigenvalue weighted by Crippen LogP contribution is -2.44. The van der Waals surface area contributed by atoms with E-state index < -0.39 is 11.5 Å². The van der Waals surface area contributed by atoms with Gasteiger partial charge in [0.15, 0.2) is 5.78 Å². The van der Waals surface area contributed by atoms with Gasteiger partial charge in [-0.05, 0) is 32.1 Å². The summed E-state index contributed by atoms with van der Waals surface area (Å²) in [5, 5.41) is 0. The first-order chi connectivity index (χ1) is 8.97. The van der Waals surface area contributed by atoms with Gasteiger partial charge in [-0.25, -0.2) is 8.78 Å². The molecule has 0 bridgehead atoms. The van der Waals surface area contributed by atoms with Crippen LogP contribution in [0.5, 0.6) is 0 Å². The highest BCUT2D eigenvalue weighted by Gasteiger charge is 2.44. The van der Waals surface area contributed by atoms with Crippen LogP contribution in [0.1, 0.15) is 64.7 Å². The molecule has 0 radical (unpaired) electrons. The lowest BCUT2D eigenvalue weighted by molar-refractivity contribution is -0.150. The lowest BCUT2D eigenvalue weighted by atomic mass is 9.78. The molecule has 0 aromatic heterocycles. The minimum Gasteiger partial charge on any atom is -0.368 e. The highest BCUT2D eigenvalue weighted by Crippen LogP contribution is 2.42. The van der Waals surface area contributed by atoms with E-state index in [1.165, 1.54) is 0 Å². The molecule has 0 aliphatic heterocycles. The second-order valence-corrected chi connectivity index (χ2v) is 6.08. The molecule has 0 aromatic rings. The van der Waals surface area contributed by atoms with Crippen molar-refractivity contribution in [1.82, 2.24) is 0 Å². The number of carbonyl (C=O) groups excluding carboxylic acids is 1. The summed E-state index contributed by atoms with van der Waals surface area (Å²) in [6.07, 6.45) is 5.25. The van der Waals surface area contributed by atoms with Crippen LogP contribution in [0.3, 0.4) is 0 Å². The normalized spacial score (nSPS) is 29.3. The molecule has 110 valence electrons. The van der Waals surface area contributed by atoms with Crippen LogP contribution in [0.15, 0.2) is 0 Å². The van der Waals surface area contributed by atoms with E-state index in [4.69, 9.17) is 4.74 Å². The van der Waals surface area contributed by atoms with Crippen molar-refractivity contribution in [2.75, 3.05) is 6.61 Å². The van der Waals surface area contributed by atoms with Gasteiger partial charge in [0.1, 0.15) is 5.60 Å². The fourth-order valence-electron chi connectivity index (χ4n) is 3.57. The van der Waals surface area contributed by atoms with Gasteiger partial charge in [-0.2, -0.15) is 0 Å². The molecule has 0 aromatic carbocycles. The smallest absolute Gasteiger partial charge is 0.248 e. The zero-order valence-corrected chi connectivity index (χ0v) is 11.7. The molecule has 4 heteroatoms. The summed E-state index contributed by atoms with van der Waals surface area (Å²) in [6, 6.07) is 0. The number of hydrogen-bond donors (Lipinski definition) is 0. The van der Waals surface area contributed by atoms with Crippen molar-refractivity contribution in [3.63, 3.8) is 0 Å². The lowest BCUT2D eigenvalue weighted by Gasteiger charge is -2.36. The van der Waals surface area contributed by atoms with Crippen molar-refractivity contribution in [2.24, 2.45) is 5.92 Å². The van der Waals surface area contributed by atoms with Gasteiger partial charge in [0, 0.05) is 25.9 Å². The zero-order chi connectivity index (χ0) is 13.9. The fraction of sp³-hybridized carbons (Fsp3) is 0.933. The third kappa shape index (κ3) is 3.53. The first kappa shape index (κ1) is 14.9. The van der Waals surface area contributed by atoms with E-state index in [0.29, 0.717) is 13.0 Å². The average molecular weight is 274 g/mol. The third-order valence-electron chi connectivity index (χ3n) is 4.57. The zero-order valence-electron chi connectivity index (χ0n) is 11.7. The van der Waals surface area contributed by atoms with Crippen LogP contribution in [0.2, 0.25) is 0 Å². The summed E-state index contributed by atoms with van der Waals surface area (Å²) < 4.78 is 32.1. The molecule has 2 aliphatic carbocycles. The van der Waals surface area contributed by atoms with Crippen molar-refractivity contribution < 1.29 is 18.3 Å². The van der Waals surface area contributed by atoms with Gasteiger partial charge in [-0.15, -0.1) is 0 Å². The molecule has 0 spiro atoms. The topological polar surface area (TPSA) is 26.3 Å². The average Bonchev–Trinajstić information content (AvgIpc) is 2.70. The molecule has 2 saturated carbocycles. The Morgan fingerprint density at radius 3 is 2.42 bits per heavy atom. The Labute approximate surface area is 113 Å². The number of carbonyl (C=O) groups is 1. The summed E-state index contributed by atoms with van der Waals surface area (Å²) in [4.78, 5) is 12.5. The van der Waals surface area contributed by atoms with Crippen LogP contribution in [-0.2, 0) is 9.53 Å². The van der Waals surface area contributed by atoms with E-state index in [2.05, 4.69) is 0 Å². The van der Waals surface area contributed by atoms with Crippen LogP contribution < -0.4 is 0 Å². The summed E-state index contributed by atoms with van der Waals surface area (Å²) in [6.45, 7) is 2.42. The molecular weight excluding hydrogens is 250 g/mol. The molecule has 2 fully saturated rings. The van der Waals surface area contributed by atoms with E-state index >= 15 is 0 Å². The van der Waals surface area contributed by atoms with Crippen LogP contribution in [-0.4, -0.2) is 23.9 Å². The van der Waals surface area contributed by atoms with Gasteiger partial charge >= 0.3 is 0 Å². The monoisotopic (exact) mass is 274 g/mol. The number of Topliss-reactive ketones (excluding diaryl/α,β-unsaturated/α-hetero) is 1. The Morgan fingerprint density at radius 2 is 1.89 bits per heavy atom. The Hall–Kier alpha value is -0.510. The number of halogens is 2. The molecule has 2 rings (SSSR count). The van der Waals surface area contributed by atoms with Gasteiger partial charge in [0.05, 0.1) is 0 Å². The molecule has 2 aliphatic rings. The molecule has 0 amide bonds. The first-order valence-electron chi connectivity index (χ1n) is 7.52. The fourth-order valence-corrected chi connectivity index (χ4v) is 3.57. The van der Waals surface area contributed by atoms with Crippen molar-refractivity contribution in [3.05, 3.63) is 0 Å². The minimum absolute atomic E-state index is 0.0629. The summed E-state index contributed by atoms with van der Waals surface area (Å²) in [7, 11) is 0. The van der Waals surface area contributed by atoms with E-state index in [1.807, 2.05) is 6.92 Å². The number of ketones is 1. The summed E-state index contributed by atoms with van der Waals surface area (Å²) >= 11 is 0. The van der Waals surface area contributed by atoms with Crippen LogP contribution >= 0.6 is 0 Å². The number of ether oxygens (including phenoxy) is 1. The van der Waals surface area contributed by atoms with Crippen LogP contribution in [0, 0.1) is 5.92 Å². The molecule has 2 nitrogen and oxygen atoms in total. The Morgan fingerprint density at radius 1 is 1.21 bits per heavy atom. The number of alkyl halides is 2. The minimum atomic E-state index is -2.56. The molecule has 0 N–H and O–H groups in total. The van der Waals surface area contributed by atoms with Crippen molar-refractivity contribution in [3.8, 4) is 0 Å². The summed E-state index contributed by atoms with van der Waals surface area (Å²) in [5.41, 5.74) is -0.662. The highest BCUT2D eigenvalue weighted by molar-refractivity contribution is 5.87. The number of hydrogen-bond acceptors (Lipinski definition) is 2. The second-order valence-electron chi connectivity index (χ2n) is 6.08. The molecule has 19 heavy (non-hydrogen) atoms. The maximum Gasteiger partial charge on any atom is 0.248 e. The second kappa shape index (κ2) is 5.86. The van der Waals surface area contributed by atoms with Gasteiger partial charge in [-0.1, -0.05) is 19.3 Å². The predicted octanol–water partition coefficient (Wildman–Crippen LogP) is 4.12. The number of rotatable bonds is 5. The highest BCUT2D eigenvalue weighted by atomic mass is 19.3. The molecular formula is C15H24F2O2. The maximum atomic E-state index is 13.2. The Bertz CT molecular complexity index is 317. The van der Waals surface area contributed by atoms with Gasteiger partial charge in [0.25, 0.3) is 0 Å². The first-order valence-corrected chi connectivity index (χ1v) is 7.52. The Kier molecular flexibility index (Phi) is 4.59. The van der Waals surface area contributed by atoms with Crippen molar-refractivity contribution in [2.45, 2.75) is 76.2 Å².